The second kappa shape index (κ2) is 8.39. The second-order valence-corrected chi connectivity index (χ2v) is 5.98. The summed E-state index contributed by atoms with van der Waals surface area (Å²) in [5.41, 5.74) is 14.2. The van der Waals surface area contributed by atoms with Crippen molar-refractivity contribution in [3.05, 3.63) is 41.2 Å². The molecule has 0 atom stereocenters. The molecule has 1 aromatic carbocycles. The van der Waals surface area contributed by atoms with Gasteiger partial charge in [0, 0.05) is 24.5 Å². The number of halogens is 1. The fourth-order valence-electron chi connectivity index (χ4n) is 2.32. The van der Waals surface area contributed by atoms with Crippen molar-refractivity contribution in [1.29, 1.82) is 0 Å². The number of hydrogen-bond acceptors (Lipinski definition) is 6. The van der Waals surface area contributed by atoms with Gasteiger partial charge in [0.05, 0.1) is 11.3 Å². The third-order valence-corrected chi connectivity index (χ3v) is 3.48. The number of pyridine rings is 1. The van der Waals surface area contributed by atoms with Crippen molar-refractivity contribution in [2.75, 3.05) is 23.7 Å². The lowest BCUT2D eigenvalue weighted by Crippen LogP contribution is -2.18. The van der Waals surface area contributed by atoms with Gasteiger partial charge in [0.1, 0.15) is 5.82 Å². The summed E-state index contributed by atoms with van der Waals surface area (Å²) < 4.78 is 14.1. The number of amides is 1. The normalized spacial score (nSPS) is 10.3. The largest absolute Gasteiger partial charge is 0.366 e. The summed E-state index contributed by atoms with van der Waals surface area (Å²) in [6.07, 6.45) is 0. The van der Waals surface area contributed by atoms with Crippen molar-refractivity contribution in [3.63, 3.8) is 0 Å². The van der Waals surface area contributed by atoms with Gasteiger partial charge in [0.15, 0.2) is 11.6 Å². The highest BCUT2D eigenvalue weighted by Crippen LogP contribution is 2.27. The van der Waals surface area contributed by atoms with Crippen LogP contribution in [0.15, 0.2) is 29.3 Å². The fraction of sp³-hybridized carbons (Fsp3) is 0.278. The van der Waals surface area contributed by atoms with Crippen LogP contribution in [0.1, 0.15) is 29.8 Å². The highest BCUT2D eigenvalue weighted by atomic mass is 19.1. The predicted molar refractivity (Wildman–Crippen MR) is 103 cm³/mol. The molecule has 1 amide bonds. The van der Waals surface area contributed by atoms with E-state index in [4.69, 9.17) is 11.5 Å². The number of primary amides is 1. The number of nitrogens with zero attached hydrogens (tertiary/aromatic N) is 2. The zero-order chi connectivity index (χ0) is 19.3. The van der Waals surface area contributed by atoms with Crippen molar-refractivity contribution in [3.8, 4) is 0 Å². The summed E-state index contributed by atoms with van der Waals surface area (Å²) in [5, 5.41) is 5.80. The Morgan fingerprint density at radius 3 is 2.58 bits per heavy atom. The van der Waals surface area contributed by atoms with Gasteiger partial charge in [-0.25, -0.2) is 9.37 Å². The topological polar surface area (TPSA) is 118 Å². The molecule has 1 aromatic heterocycles. The maximum Gasteiger partial charge on any atom is 0.252 e. The molecule has 0 aliphatic heterocycles. The van der Waals surface area contributed by atoms with Crippen LogP contribution in [0.3, 0.4) is 0 Å². The van der Waals surface area contributed by atoms with Crippen molar-refractivity contribution in [1.82, 2.24) is 4.98 Å². The summed E-state index contributed by atoms with van der Waals surface area (Å²) in [7, 11) is 0. The highest BCUT2D eigenvalue weighted by Gasteiger charge is 2.16. The lowest BCUT2D eigenvalue weighted by molar-refractivity contribution is 0.100. The number of nitrogens with one attached hydrogen (secondary N) is 2. The van der Waals surface area contributed by atoms with Gasteiger partial charge < -0.3 is 22.1 Å². The van der Waals surface area contributed by atoms with Crippen LogP contribution >= 0.6 is 0 Å². The Labute approximate surface area is 151 Å². The predicted octanol–water partition coefficient (Wildman–Crippen LogP) is 2.85. The minimum Gasteiger partial charge on any atom is -0.366 e. The van der Waals surface area contributed by atoms with E-state index in [-0.39, 0.29) is 17.2 Å². The maximum absolute atomic E-state index is 14.1. The van der Waals surface area contributed by atoms with Crippen LogP contribution in [-0.2, 0) is 0 Å². The molecule has 8 heteroatoms. The van der Waals surface area contributed by atoms with Crippen molar-refractivity contribution in [2.45, 2.75) is 20.8 Å². The van der Waals surface area contributed by atoms with Crippen LogP contribution < -0.4 is 22.1 Å². The summed E-state index contributed by atoms with van der Waals surface area (Å²) in [6.45, 7) is 6.43. The standard InChI is InChI=1S/C18H23FN6O/c1-10(2)23-15-5-4-12(8-11(15)3)24-17-13(16(21)26)9-14(19)18(25-17)22-7-6-20/h4-5,8-9H,6-7,20H2,1-3H3,(H2,21,26)(H2,22,24,25). The first-order valence-corrected chi connectivity index (χ1v) is 8.15. The number of aryl methyl sites for hydroxylation is 1. The van der Waals surface area contributed by atoms with E-state index in [0.717, 1.165) is 23.0 Å². The van der Waals surface area contributed by atoms with E-state index in [1.54, 1.807) is 6.07 Å². The smallest absolute Gasteiger partial charge is 0.252 e. The molecule has 7 nitrogen and oxygen atoms in total. The van der Waals surface area contributed by atoms with Gasteiger partial charge in [-0.05, 0) is 50.6 Å². The summed E-state index contributed by atoms with van der Waals surface area (Å²) >= 11 is 0. The summed E-state index contributed by atoms with van der Waals surface area (Å²) in [6, 6.07) is 6.58. The van der Waals surface area contributed by atoms with E-state index in [1.807, 2.05) is 32.9 Å². The zero-order valence-electron chi connectivity index (χ0n) is 15.1. The molecule has 0 aliphatic carbocycles. The van der Waals surface area contributed by atoms with Gasteiger partial charge in [0.2, 0.25) is 0 Å². The molecule has 0 bridgehead atoms. The number of nitrogens with two attached hydrogens (primary N) is 2. The van der Waals surface area contributed by atoms with Gasteiger partial charge in [-0.2, -0.15) is 0 Å². The molecule has 2 aromatic rings. The Morgan fingerprint density at radius 2 is 2.00 bits per heavy atom. The molecular weight excluding hydrogens is 335 g/mol. The number of benzene rings is 1. The Hall–Kier alpha value is -3.00. The first kappa shape index (κ1) is 19.3. The molecule has 138 valence electrons. The van der Waals surface area contributed by atoms with Gasteiger partial charge in [-0.1, -0.05) is 0 Å². The maximum atomic E-state index is 14.1. The number of carbonyl (C=O) groups excluding carboxylic acids is 1. The van der Waals surface area contributed by atoms with Crippen LogP contribution in [0.5, 0.6) is 0 Å². The molecule has 0 fully saturated rings. The Morgan fingerprint density at radius 1 is 1.27 bits per heavy atom. The molecule has 0 spiro atoms. The number of rotatable bonds is 7. The molecule has 1 heterocycles. The molecular formula is C18H23FN6O. The van der Waals surface area contributed by atoms with Gasteiger partial charge >= 0.3 is 0 Å². The van der Waals surface area contributed by atoms with Gasteiger partial charge in [0.25, 0.3) is 5.91 Å². The first-order chi connectivity index (χ1) is 12.3. The SMILES string of the molecule is CC(C)=Nc1ccc(Nc2nc(NCCN)c(F)cc2C(N)=O)cc1C. The van der Waals surface area contributed by atoms with Crippen LogP contribution in [0.2, 0.25) is 0 Å². The second-order valence-electron chi connectivity index (χ2n) is 5.98. The number of anilines is 3. The number of carbonyl (C=O) groups is 1. The van der Waals surface area contributed by atoms with Crippen LogP contribution in [0.25, 0.3) is 0 Å². The van der Waals surface area contributed by atoms with E-state index >= 15 is 0 Å². The fourth-order valence-corrected chi connectivity index (χ4v) is 2.32. The number of aliphatic imine (C=N–C) groups is 1. The van der Waals surface area contributed by atoms with E-state index in [1.165, 1.54) is 0 Å². The molecule has 0 saturated heterocycles. The van der Waals surface area contributed by atoms with Crippen LogP contribution in [-0.4, -0.2) is 29.7 Å². The van der Waals surface area contributed by atoms with Gasteiger partial charge in [-0.3, -0.25) is 9.79 Å². The first-order valence-electron chi connectivity index (χ1n) is 8.15. The average Bonchev–Trinajstić information content (AvgIpc) is 2.56. The third-order valence-electron chi connectivity index (χ3n) is 3.48. The summed E-state index contributed by atoms with van der Waals surface area (Å²) in [4.78, 5) is 20.2. The van der Waals surface area contributed by atoms with E-state index in [2.05, 4.69) is 20.6 Å². The molecule has 0 unspecified atom stereocenters. The molecule has 0 radical (unpaired) electrons. The molecule has 0 saturated carbocycles. The Balaban J connectivity index is 2.39. The lowest BCUT2D eigenvalue weighted by atomic mass is 10.1. The van der Waals surface area contributed by atoms with E-state index in [0.29, 0.717) is 18.8 Å². The van der Waals surface area contributed by atoms with Crippen molar-refractivity contribution >= 4 is 34.6 Å². The molecule has 26 heavy (non-hydrogen) atoms. The Bertz CT molecular complexity index is 846. The quantitative estimate of drug-likeness (QED) is 0.568. The van der Waals surface area contributed by atoms with E-state index in [9.17, 15) is 9.18 Å². The third kappa shape index (κ3) is 4.76. The lowest BCUT2D eigenvalue weighted by Gasteiger charge is -2.14. The Kier molecular flexibility index (Phi) is 6.24. The molecule has 2 rings (SSSR count). The monoisotopic (exact) mass is 358 g/mol. The van der Waals surface area contributed by atoms with Crippen molar-refractivity contribution < 1.29 is 9.18 Å². The molecule has 6 N–H and O–H groups in total. The highest BCUT2D eigenvalue weighted by molar-refractivity contribution is 5.98. The summed E-state index contributed by atoms with van der Waals surface area (Å²) in [5.74, 6) is -1.27. The van der Waals surface area contributed by atoms with Crippen LogP contribution in [0, 0.1) is 12.7 Å². The average molecular weight is 358 g/mol. The van der Waals surface area contributed by atoms with Gasteiger partial charge in [-0.15, -0.1) is 0 Å². The van der Waals surface area contributed by atoms with Crippen LogP contribution in [0.4, 0.5) is 27.4 Å². The van der Waals surface area contributed by atoms with E-state index < -0.39 is 11.7 Å². The minimum absolute atomic E-state index is 0.00231. The zero-order valence-corrected chi connectivity index (χ0v) is 15.1. The number of hydrogen-bond donors (Lipinski definition) is 4. The minimum atomic E-state index is -0.774. The number of aromatic nitrogens is 1. The molecule has 0 aliphatic rings. The van der Waals surface area contributed by atoms with Crippen molar-refractivity contribution in [2.24, 2.45) is 16.5 Å².